The molecule has 6 nitrogen and oxygen atoms in total. The SMILES string of the molecule is COc1ccc(NC(=O)NCc2ccc([C@H]3C[C@@]4(C)[C@@H](CC[C@@]4(O)C(F)(F)C(F)(F)F)[C@@H]4CCC5=CC(=O)CCC5=C43)cc2)cc1. The second-order valence-corrected chi connectivity index (χ2v) is 13.2. The smallest absolute Gasteiger partial charge is 0.456 e. The fraction of sp³-hybridized carbons (Fsp3) is 0.486. The average Bonchev–Trinajstić information content (AvgIpc) is 3.30. The fourth-order valence-corrected chi connectivity index (χ4v) is 8.61. The van der Waals surface area contributed by atoms with Crippen molar-refractivity contribution in [3.63, 3.8) is 0 Å². The van der Waals surface area contributed by atoms with Crippen LogP contribution in [0.4, 0.5) is 32.4 Å². The number of halogens is 5. The summed E-state index contributed by atoms with van der Waals surface area (Å²) in [4.78, 5) is 24.7. The van der Waals surface area contributed by atoms with Crippen LogP contribution in [0.25, 0.3) is 0 Å². The summed E-state index contributed by atoms with van der Waals surface area (Å²) in [5, 5.41) is 17.0. The van der Waals surface area contributed by atoms with Gasteiger partial charge in [0.05, 0.1) is 7.11 Å². The van der Waals surface area contributed by atoms with Crippen LogP contribution in [0.15, 0.2) is 71.3 Å². The summed E-state index contributed by atoms with van der Waals surface area (Å²) in [6.07, 6.45) is -3.01. The van der Waals surface area contributed by atoms with Crippen LogP contribution >= 0.6 is 0 Å². The van der Waals surface area contributed by atoms with Crippen LogP contribution in [0.3, 0.4) is 0 Å². The molecule has 4 aliphatic rings. The van der Waals surface area contributed by atoms with Crippen LogP contribution in [0.2, 0.25) is 0 Å². The van der Waals surface area contributed by atoms with Crippen molar-refractivity contribution >= 4 is 17.5 Å². The highest BCUT2D eigenvalue weighted by atomic mass is 19.4. The number of anilines is 1. The van der Waals surface area contributed by atoms with E-state index in [-0.39, 0.29) is 31.1 Å². The molecule has 6 rings (SSSR count). The predicted octanol–water partition coefficient (Wildman–Crippen LogP) is 7.85. The van der Waals surface area contributed by atoms with Crippen LogP contribution in [-0.2, 0) is 11.3 Å². The minimum atomic E-state index is -5.89. The van der Waals surface area contributed by atoms with Crippen molar-refractivity contribution in [2.24, 2.45) is 17.3 Å². The molecule has 3 N–H and O–H groups in total. The lowest BCUT2D eigenvalue weighted by Gasteiger charge is -2.56. The third-order valence-electron chi connectivity index (χ3n) is 10.9. The lowest BCUT2D eigenvalue weighted by molar-refractivity contribution is -0.362. The van der Waals surface area contributed by atoms with Gasteiger partial charge in [-0.3, -0.25) is 4.79 Å². The number of hydrogen-bond acceptors (Lipinski definition) is 4. The zero-order chi connectivity index (χ0) is 33.1. The Bertz CT molecular complexity index is 1580. The van der Waals surface area contributed by atoms with Crippen molar-refractivity contribution in [3.05, 3.63) is 82.5 Å². The topological polar surface area (TPSA) is 87.7 Å². The number of benzene rings is 2. The number of ether oxygens (including phenoxy) is 1. The summed E-state index contributed by atoms with van der Waals surface area (Å²) in [5.41, 5.74) is 0.0635. The number of amides is 2. The zero-order valence-corrected chi connectivity index (χ0v) is 25.6. The second kappa shape index (κ2) is 11.5. The number of urea groups is 1. The third kappa shape index (κ3) is 5.20. The van der Waals surface area contributed by atoms with Gasteiger partial charge in [-0.15, -0.1) is 0 Å². The number of aliphatic hydroxyl groups is 1. The molecular weight excluding hydrogens is 607 g/mol. The van der Waals surface area contributed by atoms with E-state index in [9.17, 15) is 27.9 Å². The summed E-state index contributed by atoms with van der Waals surface area (Å²) in [6, 6.07) is 13.7. The molecule has 46 heavy (non-hydrogen) atoms. The Kier molecular flexibility index (Phi) is 8.06. The Labute approximate surface area is 264 Å². The summed E-state index contributed by atoms with van der Waals surface area (Å²) in [5.74, 6) is -5.96. The number of carbonyl (C=O) groups excluding carboxylic acids is 2. The molecule has 4 aliphatic carbocycles. The predicted molar refractivity (Wildman–Crippen MR) is 162 cm³/mol. The van der Waals surface area contributed by atoms with Crippen molar-refractivity contribution in [1.29, 1.82) is 0 Å². The molecular formula is C35H37F5N2O4. The van der Waals surface area contributed by atoms with Crippen LogP contribution in [0.5, 0.6) is 5.75 Å². The highest BCUT2D eigenvalue weighted by Gasteiger charge is 2.79. The maximum atomic E-state index is 15.2. The molecule has 0 saturated heterocycles. The van der Waals surface area contributed by atoms with Gasteiger partial charge in [-0.25, -0.2) is 4.79 Å². The van der Waals surface area contributed by atoms with Gasteiger partial charge in [-0.1, -0.05) is 36.8 Å². The standard InChI is InChI=1S/C35H37F5N2O4/c1-32-18-28(21-5-3-20(4-6-21)19-41-31(44)42-23-8-11-25(46-2)12-9-23)30-26-14-10-24(43)17-22(26)7-13-27(30)29(32)15-16-33(32,45)34(36,37)35(38,39)40/h3-6,8-9,11-12,17,27-29,45H,7,10,13-16,18-19H2,1-2H3,(H2,41,42,44)/t27-,28+,29-,32-,33-/m0/s1. The normalized spacial score (nSPS) is 29.3. The molecule has 2 aromatic rings. The largest absolute Gasteiger partial charge is 0.497 e. The summed E-state index contributed by atoms with van der Waals surface area (Å²) in [7, 11) is 1.55. The molecule has 0 bridgehead atoms. The maximum Gasteiger partial charge on any atom is 0.456 e. The number of fused-ring (bicyclic) bond motifs is 4. The van der Waals surface area contributed by atoms with E-state index >= 15 is 8.78 Å². The van der Waals surface area contributed by atoms with E-state index < -0.39 is 47.4 Å². The second-order valence-electron chi connectivity index (χ2n) is 13.2. The van der Waals surface area contributed by atoms with Crippen LogP contribution in [0.1, 0.15) is 68.9 Å². The first-order valence-corrected chi connectivity index (χ1v) is 15.6. The quantitative estimate of drug-likeness (QED) is 0.280. The third-order valence-corrected chi connectivity index (χ3v) is 10.9. The Morgan fingerprint density at radius 3 is 2.35 bits per heavy atom. The Balaban J connectivity index is 1.29. The molecule has 2 fully saturated rings. The first-order valence-electron chi connectivity index (χ1n) is 15.6. The fourth-order valence-electron chi connectivity index (χ4n) is 8.61. The van der Waals surface area contributed by atoms with Crippen molar-refractivity contribution in [3.8, 4) is 5.75 Å². The molecule has 5 atom stereocenters. The molecule has 2 aromatic carbocycles. The minimum Gasteiger partial charge on any atom is -0.497 e. The average molecular weight is 645 g/mol. The number of alkyl halides is 5. The highest BCUT2D eigenvalue weighted by Crippen LogP contribution is 2.70. The zero-order valence-electron chi connectivity index (χ0n) is 25.6. The molecule has 2 saturated carbocycles. The molecule has 11 heteroatoms. The van der Waals surface area contributed by atoms with Gasteiger partial charge in [-0.05, 0) is 103 Å². The van der Waals surface area contributed by atoms with E-state index in [0.29, 0.717) is 37.1 Å². The van der Waals surface area contributed by atoms with E-state index in [0.717, 1.165) is 27.8 Å². The van der Waals surface area contributed by atoms with Gasteiger partial charge in [-0.2, -0.15) is 22.0 Å². The first-order chi connectivity index (χ1) is 21.7. The summed E-state index contributed by atoms with van der Waals surface area (Å²) >= 11 is 0. The molecule has 0 spiro atoms. The number of methoxy groups -OCH3 is 1. The number of hydrogen-bond donors (Lipinski definition) is 3. The van der Waals surface area contributed by atoms with Crippen molar-refractivity contribution in [1.82, 2.24) is 5.32 Å². The number of carbonyl (C=O) groups is 2. The first kappa shape index (κ1) is 32.2. The van der Waals surface area contributed by atoms with Crippen LogP contribution in [0, 0.1) is 17.3 Å². The van der Waals surface area contributed by atoms with Crippen molar-refractivity contribution < 1.29 is 41.4 Å². The molecule has 0 heterocycles. The van der Waals surface area contributed by atoms with Gasteiger partial charge in [0.1, 0.15) is 11.4 Å². The summed E-state index contributed by atoms with van der Waals surface area (Å²) in [6.45, 7) is 1.60. The van der Waals surface area contributed by atoms with E-state index in [1.165, 1.54) is 6.92 Å². The maximum absolute atomic E-state index is 15.2. The highest BCUT2D eigenvalue weighted by molar-refractivity contribution is 5.93. The van der Waals surface area contributed by atoms with Gasteiger partial charge < -0.3 is 20.5 Å². The van der Waals surface area contributed by atoms with Gasteiger partial charge in [0.25, 0.3) is 0 Å². The molecule has 0 aromatic heterocycles. The lowest BCUT2D eigenvalue weighted by Crippen LogP contribution is -2.65. The van der Waals surface area contributed by atoms with Gasteiger partial charge in [0.2, 0.25) is 0 Å². The monoisotopic (exact) mass is 644 g/mol. The van der Waals surface area contributed by atoms with Crippen LogP contribution < -0.4 is 15.4 Å². The molecule has 0 radical (unpaired) electrons. The van der Waals surface area contributed by atoms with Gasteiger partial charge in [0.15, 0.2) is 5.78 Å². The molecule has 0 aliphatic heterocycles. The lowest BCUT2D eigenvalue weighted by atomic mass is 9.50. The number of rotatable bonds is 6. The number of ketones is 1. The minimum absolute atomic E-state index is 0.0305. The van der Waals surface area contributed by atoms with E-state index in [1.807, 2.05) is 12.1 Å². The van der Waals surface area contributed by atoms with Crippen LogP contribution in [-0.4, -0.2) is 41.7 Å². The number of nitrogens with one attached hydrogen (secondary N) is 2. The molecule has 2 amide bonds. The van der Waals surface area contributed by atoms with E-state index in [1.54, 1.807) is 49.6 Å². The van der Waals surface area contributed by atoms with Gasteiger partial charge in [0, 0.05) is 30.0 Å². The Morgan fingerprint density at radius 2 is 1.70 bits per heavy atom. The van der Waals surface area contributed by atoms with Gasteiger partial charge >= 0.3 is 18.1 Å². The molecule has 246 valence electrons. The number of allylic oxidation sites excluding steroid dienone is 4. The summed E-state index contributed by atoms with van der Waals surface area (Å²) < 4.78 is 76.9. The molecule has 0 unspecified atom stereocenters. The van der Waals surface area contributed by atoms with Crippen molar-refractivity contribution in [2.45, 2.75) is 82.0 Å². The van der Waals surface area contributed by atoms with Crippen molar-refractivity contribution in [2.75, 3.05) is 12.4 Å². The Hall–Kier alpha value is -3.73. The van der Waals surface area contributed by atoms with E-state index in [2.05, 4.69) is 10.6 Å². The Morgan fingerprint density at radius 1 is 1.00 bits per heavy atom. The van der Waals surface area contributed by atoms with E-state index in [4.69, 9.17) is 4.74 Å².